The van der Waals surface area contributed by atoms with Gasteiger partial charge in [-0.25, -0.2) is 19.4 Å². The molecule has 0 radical (unpaired) electrons. The smallest absolute Gasteiger partial charge is 0.404 e. The second-order valence-corrected chi connectivity index (χ2v) is 3.74. The maximum Gasteiger partial charge on any atom is 0.404 e. The van der Waals surface area contributed by atoms with Crippen LogP contribution in [0.5, 0.6) is 0 Å². The van der Waals surface area contributed by atoms with Gasteiger partial charge in [-0.2, -0.15) is 0 Å². The molecule has 0 fully saturated rings. The number of amides is 3. The molecule has 3 amide bonds. The monoisotopic (exact) mass is 285 g/mol. The minimum Gasteiger partial charge on any atom is -0.480 e. The Morgan fingerprint density at radius 1 is 1.50 bits per heavy atom. The molecule has 10 nitrogen and oxygen atoms in total. The average Bonchev–Trinajstić information content (AvgIpc) is 2.86. The molecule has 110 valence electrons. The zero-order chi connectivity index (χ0) is 15.0. The number of nitrogens with two attached hydrogens (primary N) is 1. The maximum atomic E-state index is 11.4. The zero-order valence-electron chi connectivity index (χ0n) is 10.5. The van der Waals surface area contributed by atoms with Gasteiger partial charge in [0.15, 0.2) is 0 Å². The third kappa shape index (κ3) is 5.71. The van der Waals surface area contributed by atoms with Crippen LogP contribution in [0.25, 0.3) is 0 Å². The molecular weight excluding hydrogens is 270 g/mol. The molecule has 1 aromatic rings. The van der Waals surface area contributed by atoms with Crippen LogP contribution in [-0.4, -0.2) is 52.4 Å². The highest BCUT2D eigenvalue weighted by molar-refractivity contribution is 5.82. The predicted molar refractivity (Wildman–Crippen MR) is 65.8 cm³/mol. The molecule has 0 bridgehead atoms. The van der Waals surface area contributed by atoms with Gasteiger partial charge in [0.25, 0.3) is 0 Å². The van der Waals surface area contributed by atoms with E-state index in [9.17, 15) is 14.4 Å². The lowest BCUT2D eigenvalue weighted by Crippen LogP contribution is -2.47. The molecule has 6 N–H and O–H groups in total. The summed E-state index contributed by atoms with van der Waals surface area (Å²) >= 11 is 0. The second kappa shape index (κ2) is 7.61. The van der Waals surface area contributed by atoms with Crippen molar-refractivity contribution < 1.29 is 24.2 Å². The van der Waals surface area contributed by atoms with Crippen LogP contribution in [0.15, 0.2) is 12.5 Å². The number of rotatable bonds is 7. The number of aliphatic carboxylic acids is 1. The Morgan fingerprint density at radius 3 is 2.80 bits per heavy atom. The van der Waals surface area contributed by atoms with Crippen molar-refractivity contribution in [2.24, 2.45) is 5.73 Å². The predicted octanol–water partition coefficient (Wildman–Crippen LogP) is -1.20. The lowest BCUT2D eigenvalue weighted by Gasteiger charge is -2.14. The quantitative estimate of drug-likeness (QED) is 0.395. The minimum absolute atomic E-state index is 0.0190. The number of H-pyrrole nitrogens is 1. The molecule has 20 heavy (non-hydrogen) atoms. The van der Waals surface area contributed by atoms with E-state index in [2.05, 4.69) is 25.3 Å². The number of nitrogens with zero attached hydrogens (tertiary/aromatic N) is 1. The fraction of sp³-hybridized carbons (Fsp3) is 0.400. The minimum atomic E-state index is -1.18. The van der Waals surface area contributed by atoms with E-state index in [0.717, 1.165) is 0 Å². The highest BCUT2D eigenvalue weighted by atomic mass is 16.5. The third-order valence-corrected chi connectivity index (χ3v) is 2.21. The molecule has 0 saturated heterocycles. The van der Waals surface area contributed by atoms with E-state index in [4.69, 9.17) is 10.8 Å². The molecule has 0 aliphatic heterocycles. The van der Waals surface area contributed by atoms with Gasteiger partial charge in [-0.15, -0.1) is 0 Å². The Hall–Kier alpha value is -2.78. The lowest BCUT2D eigenvalue weighted by molar-refractivity contribution is -0.139. The van der Waals surface area contributed by atoms with Crippen molar-refractivity contribution >= 4 is 18.1 Å². The van der Waals surface area contributed by atoms with Crippen molar-refractivity contribution in [2.45, 2.75) is 12.5 Å². The highest BCUT2D eigenvalue weighted by Gasteiger charge is 2.20. The molecule has 1 heterocycles. The molecule has 10 heteroatoms. The number of carboxylic acids is 1. The molecule has 0 unspecified atom stereocenters. The van der Waals surface area contributed by atoms with Gasteiger partial charge < -0.3 is 31.2 Å². The molecule has 0 saturated carbocycles. The van der Waals surface area contributed by atoms with E-state index in [1.807, 2.05) is 0 Å². The van der Waals surface area contributed by atoms with E-state index >= 15 is 0 Å². The zero-order valence-corrected chi connectivity index (χ0v) is 10.5. The molecule has 0 aliphatic rings. The summed E-state index contributed by atoms with van der Waals surface area (Å²) < 4.78 is 4.40. The van der Waals surface area contributed by atoms with E-state index in [-0.39, 0.29) is 19.6 Å². The highest BCUT2D eigenvalue weighted by Crippen LogP contribution is 1.98. The summed E-state index contributed by atoms with van der Waals surface area (Å²) in [7, 11) is 0. The van der Waals surface area contributed by atoms with Crippen LogP contribution in [0.3, 0.4) is 0 Å². The maximum absolute atomic E-state index is 11.4. The molecule has 0 aliphatic carbocycles. The molecule has 1 atom stereocenters. The SMILES string of the molecule is NC(=O)OCCNC(=O)N[C@@H](Cc1cnc[nH]1)C(=O)O. The van der Waals surface area contributed by atoms with E-state index in [1.54, 1.807) is 0 Å². The van der Waals surface area contributed by atoms with Crippen molar-refractivity contribution in [1.82, 2.24) is 20.6 Å². The standard InChI is InChI=1S/C10H15N5O5/c11-9(18)20-2-1-13-10(19)15-7(8(16)17)3-6-4-12-5-14-6/h4-5,7H,1-3H2,(H2,11,18)(H,12,14)(H,16,17)(H2,13,15,19)/t7-/m0/s1. The van der Waals surface area contributed by atoms with E-state index < -0.39 is 24.1 Å². The number of hydrogen-bond donors (Lipinski definition) is 5. The number of carboxylic acid groups (broad SMARTS) is 1. The van der Waals surface area contributed by atoms with Crippen molar-refractivity contribution in [3.63, 3.8) is 0 Å². The number of aromatic amines is 1. The summed E-state index contributed by atoms with van der Waals surface area (Å²) in [5.74, 6) is -1.18. The summed E-state index contributed by atoms with van der Waals surface area (Å²) in [4.78, 5) is 39.2. The van der Waals surface area contributed by atoms with Gasteiger partial charge in [0.2, 0.25) is 0 Å². The van der Waals surface area contributed by atoms with Gasteiger partial charge in [0.05, 0.1) is 12.9 Å². The lowest BCUT2D eigenvalue weighted by atomic mass is 10.2. The molecule has 1 rings (SSSR count). The first-order valence-corrected chi connectivity index (χ1v) is 5.65. The largest absolute Gasteiger partial charge is 0.480 e. The van der Waals surface area contributed by atoms with Crippen LogP contribution in [0.1, 0.15) is 5.69 Å². The van der Waals surface area contributed by atoms with Crippen LogP contribution in [0.2, 0.25) is 0 Å². The number of carbonyl (C=O) groups is 3. The fourth-order valence-electron chi connectivity index (χ4n) is 1.34. The molecular formula is C10H15N5O5. The van der Waals surface area contributed by atoms with Crippen molar-refractivity contribution in [3.8, 4) is 0 Å². The third-order valence-electron chi connectivity index (χ3n) is 2.21. The van der Waals surface area contributed by atoms with E-state index in [1.165, 1.54) is 12.5 Å². The number of imidazole rings is 1. The Bertz CT molecular complexity index is 461. The van der Waals surface area contributed by atoms with Gasteiger partial charge in [0.1, 0.15) is 12.6 Å². The van der Waals surface area contributed by atoms with Crippen LogP contribution in [0, 0.1) is 0 Å². The summed E-state index contributed by atoms with van der Waals surface area (Å²) in [6, 6.07) is -1.79. The van der Waals surface area contributed by atoms with Gasteiger partial charge in [0, 0.05) is 18.3 Å². The number of hydrogen-bond acceptors (Lipinski definition) is 5. The number of aromatic nitrogens is 2. The number of ether oxygens (including phenoxy) is 1. The Labute approximate surface area is 113 Å². The van der Waals surface area contributed by atoms with Crippen LogP contribution < -0.4 is 16.4 Å². The van der Waals surface area contributed by atoms with Crippen LogP contribution in [0.4, 0.5) is 9.59 Å². The fourth-order valence-corrected chi connectivity index (χ4v) is 1.34. The first kappa shape index (κ1) is 15.3. The molecule has 0 aromatic carbocycles. The van der Waals surface area contributed by atoms with Gasteiger partial charge >= 0.3 is 18.1 Å². The van der Waals surface area contributed by atoms with Gasteiger partial charge in [-0.05, 0) is 0 Å². The average molecular weight is 285 g/mol. The number of urea groups is 1. The summed E-state index contributed by atoms with van der Waals surface area (Å²) in [6.45, 7) is -0.0772. The van der Waals surface area contributed by atoms with Crippen LogP contribution in [-0.2, 0) is 16.0 Å². The summed E-state index contributed by atoms with van der Waals surface area (Å²) in [5.41, 5.74) is 5.31. The van der Waals surface area contributed by atoms with Crippen molar-refractivity contribution in [1.29, 1.82) is 0 Å². The number of nitrogens with one attached hydrogen (secondary N) is 3. The Balaban J connectivity index is 2.35. The second-order valence-electron chi connectivity index (χ2n) is 3.74. The van der Waals surface area contributed by atoms with Crippen molar-refractivity contribution in [3.05, 3.63) is 18.2 Å². The summed E-state index contributed by atoms with van der Waals surface area (Å²) in [6.07, 6.45) is 2.00. The summed E-state index contributed by atoms with van der Waals surface area (Å²) in [5, 5.41) is 13.6. The number of primary amides is 1. The van der Waals surface area contributed by atoms with Crippen LogP contribution >= 0.6 is 0 Å². The Kier molecular flexibility index (Phi) is 5.81. The normalized spacial score (nSPS) is 11.4. The van der Waals surface area contributed by atoms with Gasteiger partial charge in [-0.3, -0.25) is 0 Å². The molecule has 1 aromatic heterocycles. The first-order chi connectivity index (χ1) is 9.49. The van der Waals surface area contributed by atoms with Gasteiger partial charge in [-0.1, -0.05) is 0 Å². The van der Waals surface area contributed by atoms with E-state index in [0.29, 0.717) is 5.69 Å². The first-order valence-electron chi connectivity index (χ1n) is 5.65. The number of carbonyl (C=O) groups excluding carboxylic acids is 2. The molecule has 0 spiro atoms. The topological polar surface area (TPSA) is 159 Å². The van der Waals surface area contributed by atoms with Crippen molar-refractivity contribution in [2.75, 3.05) is 13.2 Å². The Morgan fingerprint density at radius 2 is 2.25 bits per heavy atom.